The van der Waals surface area contributed by atoms with E-state index in [1.807, 2.05) is 0 Å². The first-order valence-electron chi connectivity index (χ1n) is 6.67. The lowest BCUT2D eigenvalue weighted by atomic mass is 10.1. The first kappa shape index (κ1) is 13.8. The van der Waals surface area contributed by atoms with Gasteiger partial charge in [-0.15, -0.1) is 0 Å². The Balaban J connectivity index is 1.87. The molecule has 0 heterocycles. The van der Waals surface area contributed by atoms with Gasteiger partial charge in [0.25, 0.3) is 0 Å². The molecule has 1 saturated carbocycles. The summed E-state index contributed by atoms with van der Waals surface area (Å²) in [6.45, 7) is 1.53. The van der Waals surface area contributed by atoms with Crippen molar-refractivity contribution in [3.8, 4) is 0 Å². The Hall–Kier alpha value is -1.62. The predicted octanol–water partition coefficient (Wildman–Crippen LogP) is 2.20. The minimum Gasteiger partial charge on any atom is -0.409 e. The number of hydrogen-bond donors (Lipinski definition) is 3. The van der Waals surface area contributed by atoms with E-state index in [2.05, 4.69) is 10.5 Å². The number of oxime groups is 1. The summed E-state index contributed by atoms with van der Waals surface area (Å²) in [6, 6.07) is 4.34. The molecule has 4 nitrogen and oxygen atoms in total. The van der Waals surface area contributed by atoms with Crippen LogP contribution in [0.4, 0.5) is 4.39 Å². The average molecular weight is 265 g/mol. The minimum absolute atomic E-state index is 0.0609. The Labute approximate surface area is 112 Å². The summed E-state index contributed by atoms with van der Waals surface area (Å²) in [7, 11) is 0. The van der Waals surface area contributed by atoms with Crippen LogP contribution in [0.25, 0.3) is 0 Å². The van der Waals surface area contributed by atoms with Crippen molar-refractivity contribution in [2.45, 2.75) is 32.2 Å². The van der Waals surface area contributed by atoms with Crippen LogP contribution in [0, 0.1) is 11.7 Å². The van der Waals surface area contributed by atoms with E-state index in [1.165, 1.54) is 31.4 Å². The highest BCUT2D eigenvalue weighted by atomic mass is 19.1. The Morgan fingerprint density at radius 2 is 2.26 bits per heavy atom. The minimum atomic E-state index is -0.390. The van der Waals surface area contributed by atoms with Gasteiger partial charge in [0.1, 0.15) is 5.82 Å². The summed E-state index contributed by atoms with van der Waals surface area (Å²) in [5, 5.41) is 14.9. The number of hydrogen-bond acceptors (Lipinski definition) is 3. The van der Waals surface area contributed by atoms with Crippen LogP contribution in [-0.4, -0.2) is 17.6 Å². The summed E-state index contributed by atoms with van der Waals surface area (Å²) < 4.78 is 13.2. The van der Waals surface area contributed by atoms with Gasteiger partial charge in [-0.05, 0) is 43.0 Å². The number of nitrogens with two attached hydrogens (primary N) is 1. The van der Waals surface area contributed by atoms with Gasteiger partial charge in [-0.25, -0.2) is 4.39 Å². The van der Waals surface area contributed by atoms with Gasteiger partial charge < -0.3 is 16.3 Å². The molecule has 1 aromatic carbocycles. The Bertz CT molecular complexity index is 458. The third-order valence-electron chi connectivity index (χ3n) is 3.43. The largest absolute Gasteiger partial charge is 0.409 e. The fourth-order valence-corrected chi connectivity index (χ4v) is 2.14. The standard InChI is InChI=1S/C14H20FN3O/c15-12-6-5-11(13(8-12)14(16)18-19)9-17-7-1-2-10-3-4-10/h5-6,8,10,17,19H,1-4,7,9H2,(H2,16,18). The molecule has 0 saturated heterocycles. The quantitative estimate of drug-likeness (QED) is 0.233. The predicted molar refractivity (Wildman–Crippen MR) is 72.6 cm³/mol. The van der Waals surface area contributed by atoms with Crippen molar-refractivity contribution < 1.29 is 9.60 Å². The van der Waals surface area contributed by atoms with Crippen molar-refractivity contribution in [3.05, 3.63) is 35.1 Å². The lowest BCUT2D eigenvalue weighted by Crippen LogP contribution is -2.21. The molecule has 0 amide bonds. The molecule has 1 aromatic rings. The average Bonchev–Trinajstić information content (AvgIpc) is 3.23. The maximum atomic E-state index is 13.2. The summed E-state index contributed by atoms with van der Waals surface area (Å²) in [5.41, 5.74) is 6.83. The molecule has 1 aliphatic rings. The van der Waals surface area contributed by atoms with Gasteiger partial charge in [-0.3, -0.25) is 0 Å². The summed E-state index contributed by atoms with van der Waals surface area (Å²) >= 11 is 0. The SMILES string of the molecule is N/C(=N/O)c1cc(F)ccc1CNCCCC1CC1. The van der Waals surface area contributed by atoms with Crippen LogP contribution in [0.2, 0.25) is 0 Å². The van der Waals surface area contributed by atoms with Crippen molar-refractivity contribution in [1.82, 2.24) is 5.32 Å². The van der Waals surface area contributed by atoms with Crippen LogP contribution in [0.1, 0.15) is 36.8 Å². The third-order valence-corrected chi connectivity index (χ3v) is 3.43. The zero-order valence-corrected chi connectivity index (χ0v) is 10.9. The summed E-state index contributed by atoms with van der Waals surface area (Å²) in [5.74, 6) is 0.494. The van der Waals surface area contributed by atoms with Crippen molar-refractivity contribution >= 4 is 5.84 Å². The summed E-state index contributed by atoms with van der Waals surface area (Å²) in [4.78, 5) is 0. The third kappa shape index (κ3) is 4.21. The van der Waals surface area contributed by atoms with E-state index in [4.69, 9.17) is 10.9 Å². The van der Waals surface area contributed by atoms with E-state index < -0.39 is 0 Å². The van der Waals surface area contributed by atoms with Crippen LogP contribution in [-0.2, 0) is 6.54 Å². The van der Waals surface area contributed by atoms with Crippen molar-refractivity contribution in [2.24, 2.45) is 16.8 Å². The maximum Gasteiger partial charge on any atom is 0.170 e. The second kappa shape index (κ2) is 6.52. The molecule has 2 rings (SSSR count). The highest BCUT2D eigenvalue weighted by Crippen LogP contribution is 2.33. The molecular formula is C14H20FN3O. The Morgan fingerprint density at radius 3 is 2.95 bits per heavy atom. The highest BCUT2D eigenvalue weighted by Gasteiger charge is 2.19. The molecule has 0 aliphatic heterocycles. The number of rotatable bonds is 7. The van der Waals surface area contributed by atoms with Crippen LogP contribution in [0.15, 0.2) is 23.4 Å². The van der Waals surface area contributed by atoms with Crippen molar-refractivity contribution in [3.63, 3.8) is 0 Å². The van der Waals surface area contributed by atoms with Gasteiger partial charge in [-0.2, -0.15) is 0 Å². The monoisotopic (exact) mass is 265 g/mol. The Kier molecular flexibility index (Phi) is 4.74. The molecule has 1 fully saturated rings. The number of halogens is 1. The van der Waals surface area contributed by atoms with Crippen molar-refractivity contribution in [2.75, 3.05) is 6.54 Å². The molecular weight excluding hydrogens is 245 g/mol. The molecule has 0 spiro atoms. The molecule has 0 radical (unpaired) electrons. The number of amidine groups is 1. The van der Waals surface area contributed by atoms with E-state index in [0.29, 0.717) is 12.1 Å². The normalized spacial score (nSPS) is 15.7. The molecule has 1 aliphatic carbocycles. The molecule has 0 unspecified atom stereocenters. The molecule has 4 N–H and O–H groups in total. The summed E-state index contributed by atoms with van der Waals surface area (Å²) in [6.07, 6.45) is 5.20. The number of nitrogens with zero attached hydrogens (tertiary/aromatic N) is 1. The zero-order valence-electron chi connectivity index (χ0n) is 10.9. The van der Waals surface area contributed by atoms with Crippen LogP contribution >= 0.6 is 0 Å². The van der Waals surface area contributed by atoms with E-state index in [0.717, 1.165) is 24.4 Å². The van der Waals surface area contributed by atoms with Gasteiger partial charge in [0, 0.05) is 12.1 Å². The fraction of sp³-hybridized carbons (Fsp3) is 0.500. The topological polar surface area (TPSA) is 70.6 Å². The zero-order chi connectivity index (χ0) is 13.7. The van der Waals surface area contributed by atoms with E-state index in [9.17, 15) is 4.39 Å². The smallest absolute Gasteiger partial charge is 0.170 e. The van der Waals surface area contributed by atoms with Gasteiger partial charge in [-0.1, -0.05) is 24.1 Å². The molecule has 19 heavy (non-hydrogen) atoms. The molecule has 104 valence electrons. The number of nitrogens with one attached hydrogen (secondary N) is 1. The van der Waals surface area contributed by atoms with E-state index >= 15 is 0 Å². The second-order valence-corrected chi connectivity index (χ2v) is 5.05. The highest BCUT2D eigenvalue weighted by molar-refractivity contribution is 5.98. The maximum absolute atomic E-state index is 13.2. The van der Waals surface area contributed by atoms with Gasteiger partial charge >= 0.3 is 0 Å². The first-order chi connectivity index (χ1) is 9.20. The van der Waals surface area contributed by atoms with Gasteiger partial charge in [0.05, 0.1) is 0 Å². The van der Waals surface area contributed by atoms with Crippen LogP contribution < -0.4 is 11.1 Å². The molecule has 0 aromatic heterocycles. The van der Waals surface area contributed by atoms with Crippen molar-refractivity contribution in [1.29, 1.82) is 0 Å². The lowest BCUT2D eigenvalue weighted by Gasteiger charge is -2.10. The van der Waals surface area contributed by atoms with Crippen LogP contribution in [0.3, 0.4) is 0 Å². The first-order valence-corrected chi connectivity index (χ1v) is 6.67. The van der Waals surface area contributed by atoms with E-state index in [-0.39, 0.29) is 11.7 Å². The van der Waals surface area contributed by atoms with Gasteiger partial charge in [0.2, 0.25) is 0 Å². The van der Waals surface area contributed by atoms with Gasteiger partial charge in [0.15, 0.2) is 5.84 Å². The van der Waals surface area contributed by atoms with E-state index in [1.54, 1.807) is 6.07 Å². The molecule has 0 atom stereocenters. The van der Waals surface area contributed by atoms with Crippen LogP contribution in [0.5, 0.6) is 0 Å². The molecule has 0 bridgehead atoms. The number of benzene rings is 1. The fourth-order valence-electron chi connectivity index (χ4n) is 2.14. The second-order valence-electron chi connectivity index (χ2n) is 5.05. The lowest BCUT2D eigenvalue weighted by molar-refractivity contribution is 0.318. The Morgan fingerprint density at radius 1 is 1.47 bits per heavy atom. The molecule has 5 heteroatoms.